The summed E-state index contributed by atoms with van der Waals surface area (Å²) in [4.78, 5) is 27.1. The lowest BCUT2D eigenvalue weighted by molar-refractivity contribution is -0.128. The summed E-state index contributed by atoms with van der Waals surface area (Å²) in [6, 6.07) is 16.3. The number of ether oxygens (including phenoxy) is 1. The molecule has 0 aromatic heterocycles. The number of ketones is 1. The Kier molecular flexibility index (Phi) is 7.93. The van der Waals surface area contributed by atoms with Crippen LogP contribution < -0.4 is 14.9 Å². The van der Waals surface area contributed by atoms with Gasteiger partial charge in [0.05, 0.1) is 7.11 Å². The summed E-state index contributed by atoms with van der Waals surface area (Å²) < 4.78 is 48.5. The van der Waals surface area contributed by atoms with Gasteiger partial charge in [0.25, 0.3) is 0 Å². The summed E-state index contributed by atoms with van der Waals surface area (Å²) in [6.07, 6.45) is 1.20. The van der Waals surface area contributed by atoms with Crippen molar-refractivity contribution < 1.29 is 27.7 Å². The monoisotopic (exact) mass is 525 g/mol. The molecular weight excluding hydrogens is 495 g/mol. The highest BCUT2D eigenvalue weighted by Crippen LogP contribution is 2.40. The zero-order chi connectivity index (χ0) is 26.7. The second kappa shape index (κ2) is 11.0. The molecule has 0 unspecified atom stereocenters. The fourth-order valence-electron chi connectivity index (χ4n) is 4.85. The normalized spacial score (nSPS) is 16.1. The van der Waals surface area contributed by atoms with Gasteiger partial charge in [-0.15, -0.1) is 0 Å². The zero-order valence-electron chi connectivity index (χ0n) is 21.2. The summed E-state index contributed by atoms with van der Waals surface area (Å²) in [7, 11) is -1.14. The molecule has 0 saturated carbocycles. The minimum absolute atomic E-state index is 0.0122. The lowest BCUT2D eigenvalue weighted by Crippen LogP contribution is -2.43. The van der Waals surface area contributed by atoms with Crippen LogP contribution in [0.3, 0.4) is 0 Å². The average molecular weight is 526 g/mol. The molecule has 1 fully saturated rings. The molecule has 4 rings (SSSR count). The van der Waals surface area contributed by atoms with Crippen molar-refractivity contribution in [3.8, 4) is 16.9 Å². The zero-order valence-corrected chi connectivity index (χ0v) is 22.1. The van der Waals surface area contributed by atoms with Crippen molar-refractivity contribution in [2.24, 2.45) is 5.92 Å². The van der Waals surface area contributed by atoms with E-state index in [1.54, 1.807) is 69.0 Å². The number of benzene rings is 3. The Morgan fingerprint density at radius 2 is 1.70 bits per heavy atom. The van der Waals surface area contributed by atoms with E-state index < -0.39 is 36.3 Å². The van der Waals surface area contributed by atoms with Crippen LogP contribution in [0.1, 0.15) is 24.8 Å². The number of carbonyl (C=O) groups excluding carboxylic acids is 2. The molecule has 5 nitrogen and oxygen atoms in total. The van der Waals surface area contributed by atoms with Crippen LogP contribution in [0.15, 0.2) is 60.7 Å². The number of Topliss-reactive ketones (excluding diaryl/α,β-unsaturated/α-hetero) is 1. The maximum absolute atomic E-state index is 15.3. The van der Waals surface area contributed by atoms with E-state index in [0.717, 1.165) is 10.5 Å². The Bertz CT molecular complexity index is 1340. The number of hydrogen-bond acceptors (Lipinski definition) is 4. The highest BCUT2D eigenvalue weighted by atomic mass is 31.2. The third-order valence-corrected chi connectivity index (χ3v) is 8.22. The van der Waals surface area contributed by atoms with Crippen molar-refractivity contribution in [2.75, 3.05) is 31.9 Å². The molecule has 194 valence electrons. The molecule has 8 heteroatoms. The average Bonchev–Trinajstić information content (AvgIpc) is 2.85. The molecule has 0 aliphatic carbocycles. The number of methoxy groups -OCH3 is 1. The van der Waals surface area contributed by atoms with E-state index in [0.29, 0.717) is 29.5 Å². The highest BCUT2D eigenvalue weighted by Gasteiger charge is 2.34. The number of amides is 1. The maximum Gasteiger partial charge on any atom is 0.230 e. The highest BCUT2D eigenvalue weighted by molar-refractivity contribution is 7.70. The maximum atomic E-state index is 15.3. The van der Waals surface area contributed by atoms with Gasteiger partial charge in [-0.1, -0.05) is 36.4 Å². The predicted molar refractivity (Wildman–Crippen MR) is 142 cm³/mol. The first-order chi connectivity index (χ1) is 17.6. The van der Waals surface area contributed by atoms with Crippen molar-refractivity contribution in [3.05, 3.63) is 77.9 Å². The van der Waals surface area contributed by atoms with Gasteiger partial charge in [0.15, 0.2) is 11.6 Å². The summed E-state index contributed by atoms with van der Waals surface area (Å²) >= 11 is 0. The molecule has 1 atom stereocenters. The van der Waals surface area contributed by atoms with Crippen LogP contribution in [0.2, 0.25) is 0 Å². The third kappa shape index (κ3) is 5.99. The van der Waals surface area contributed by atoms with Crippen LogP contribution in [0.4, 0.5) is 14.5 Å². The van der Waals surface area contributed by atoms with Gasteiger partial charge in [0.2, 0.25) is 5.91 Å². The van der Waals surface area contributed by atoms with Crippen molar-refractivity contribution in [1.29, 1.82) is 0 Å². The number of hydrogen-bond donors (Lipinski definition) is 0. The van der Waals surface area contributed by atoms with Crippen molar-refractivity contribution in [2.45, 2.75) is 25.7 Å². The van der Waals surface area contributed by atoms with Gasteiger partial charge in [-0.25, -0.2) is 8.78 Å². The van der Waals surface area contributed by atoms with Gasteiger partial charge in [-0.3, -0.25) is 9.59 Å². The molecule has 1 saturated heterocycles. The molecule has 0 N–H and O–H groups in total. The van der Waals surface area contributed by atoms with Gasteiger partial charge >= 0.3 is 0 Å². The van der Waals surface area contributed by atoms with E-state index in [9.17, 15) is 14.2 Å². The summed E-state index contributed by atoms with van der Waals surface area (Å²) in [5.41, 5.74) is 1.15. The van der Waals surface area contributed by atoms with E-state index >= 15 is 8.78 Å². The lowest BCUT2D eigenvalue weighted by Gasteiger charge is -2.32. The number of rotatable bonds is 8. The molecule has 0 radical (unpaired) electrons. The third-order valence-electron chi connectivity index (χ3n) is 6.67. The first-order valence-corrected chi connectivity index (χ1v) is 14.8. The number of halogens is 2. The van der Waals surface area contributed by atoms with Gasteiger partial charge in [0, 0.05) is 30.6 Å². The molecule has 37 heavy (non-hydrogen) atoms. The quantitative estimate of drug-likeness (QED) is 0.347. The van der Waals surface area contributed by atoms with Crippen LogP contribution in [-0.4, -0.2) is 38.7 Å². The van der Waals surface area contributed by atoms with E-state index in [4.69, 9.17) is 4.74 Å². The molecule has 3 aromatic carbocycles. The number of piperidine rings is 1. The largest absolute Gasteiger partial charge is 0.497 e. The van der Waals surface area contributed by atoms with Gasteiger partial charge in [-0.05, 0) is 67.1 Å². The molecule has 1 amide bonds. The van der Waals surface area contributed by atoms with Crippen LogP contribution in [0.25, 0.3) is 11.1 Å². The van der Waals surface area contributed by atoms with Gasteiger partial charge in [0.1, 0.15) is 24.4 Å². The molecule has 3 aromatic rings. The van der Waals surface area contributed by atoms with Crippen molar-refractivity contribution in [3.63, 3.8) is 0 Å². The summed E-state index contributed by atoms with van der Waals surface area (Å²) in [5.74, 6) is -2.25. The Morgan fingerprint density at radius 1 is 1.05 bits per heavy atom. The van der Waals surface area contributed by atoms with Crippen LogP contribution in [0.5, 0.6) is 5.75 Å². The van der Waals surface area contributed by atoms with Gasteiger partial charge < -0.3 is 14.2 Å². The molecule has 0 bridgehead atoms. The fourth-order valence-corrected chi connectivity index (χ4v) is 6.07. The first-order valence-electron chi connectivity index (χ1n) is 12.2. The smallest absolute Gasteiger partial charge is 0.230 e. The standard InChI is InChI=1S/C29H30F2NO4P/c1-36-23-12-10-19(11-13-23)15-22(33)16-20-7-6-14-32(29(20)34)28-25(30)17-21(18-26(28)31)24-8-4-5-9-27(24)37(2,3)35/h4-5,8-13,17-18,20H,6-7,14-16H2,1-3H3/t20-/m0/s1. The number of carbonyl (C=O) groups is 2. The van der Waals surface area contributed by atoms with E-state index in [2.05, 4.69) is 0 Å². The Morgan fingerprint density at radius 3 is 2.32 bits per heavy atom. The Balaban J connectivity index is 1.54. The molecular formula is C29H30F2NO4P. The summed E-state index contributed by atoms with van der Waals surface area (Å²) in [5, 5.41) is 0.533. The summed E-state index contributed by atoms with van der Waals surface area (Å²) in [6.45, 7) is 3.38. The van der Waals surface area contributed by atoms with E-state index in [1.807, 2.05) is 0 Å². The van der Waals surface area contributed by atoms with Crippen molar-refractivity contribution in [1.82, 2.24) is 0 Å². The van der Waals surface area contributed by atoms with Crippen LogP contribution in [0, 0.1) is 17.6 Å². The second-order valence-corrected chi connectivity index (χ2v) is 12.9. The molecule has 1 aliphatic rings. The topological polar surface area (TPSA) is 63.7 Å². The first kappa shape index (κ1) is 26.7. The molecule has 1 heterocycles. The fraction of sp³-hybridized carbons (Fsp3) is 0.310. The van der Waals surface area contributed by atoms with E-state index in [-0.39, 0.29) is 30.7 Å². The predicted octanol–water partition coefficient (Wildman–Crippen LogP) is 5.83. The Labute approximate surface area is 215 Å². The van der Waals surface area contributed by atoms with E-state index in [1.165, 1.54) is 12.1 Å². The minimum Gasteiger partial charge on any atom is -0.497 e. The molecule has 0 spiro atoms. The SMILES string of the molecule is COc1ccc(CC(=O)C[C@@H]2CCCN(c3c(F)cc(-c4ccccc4P(C)(C)=O)cc3F)C2=O)cc1. The molecule has 1 aliphatic heterocycles. The Hall–Kier alpha value is -3.31. The second-order valence-electron chi connectivity index (χ2n) is 9.75. The van der Waals surface area contributed by atoms with Crippen LogP contribution in [-0.2, 0) is 20.6 Å². The number of anilines is 1. The van der Waals surface area contributed by atoms with Gasteiger partial charge in [-0.2, -0.15) is 0 Å². The minimum atomic E-state index is -2.70. The number of nitrogens with zero attached hydrogens (tertiary/aromatic N) is 1. The lowest BCUT2D eigenvalue weighted by atomic mass is 9.90. The van der Waals surface area contributed by atoms with Crippen LogP contribution >= 0.6 is 7.14 Å². The van der Waals surface area contributed by atoms with Crippen molar-refractivity contribution >= 4 is 29.8 Å².